The minimum atomic E-state index is -0.0483. The van der Waals surface area contributed by atoms with E-state index in [2.05, 4.69) is 15.3 Å². The normalized spacial score (nSPS) is 11.0. The van der Waals surface area contributed by atoms with Crippen LogP contribution >= 0.6 is 11.3 Å². The molecule has 0 saturated carbocycles. The average molecular weight is 362 g/mol. The van der Waals surface area contributed by atoms with Crippen LogP contribution in [0.4, 0.5) is 0 Å². The van der Waals surface area contributed by atoms with Crippen LogP contribution in [-0.4, -0.2) is 20.4 Å². The van der Waals surface area contributed by atoms with Crippen LogP contribution in [0.1, 0.15) is 11.1 Å². The van der Waals surface area contributed by atoms with Crippen LogP contribution in [0.3, 0.4) is 0 Å². The van der Waals surface area contributed by atoms with Crippen molar-refractivity contribution >= 4 is 28.3 Å². The topological polar surface area (TPSA) is 59.8 Å². The first-order chi connectivity index (χ1) is 12.7. The van der Waals surface area contributed by atoms with Gasteiger partial charge in [-0.1, -0.05) is 36.4 Å². The Kier molecular flexibility index (Phi) is 4.50. The lowest BCUT2D eigenvalue weighted by molar-refractivity contribution is -0.121. The van der Waals surface area contributed by atoms with Gasteiger partial charge in [0, 0.05) is 11.9 Å². The quantitative estimate of drug-likeness (QED) is 0.588. The Balaban J connectivity index is 1.59. The van der Waals surface area contributed by atoms with Gasteiger partial charge in [0.05, 0.1) is 16.5 Å². The van der Waals surface area contributed by atoms with Gasteiger partial charge in [-0.05, 0) is 30.2 Å². The number of nitrogens with zero attached hydrogens (tertiary/aromatic N) is 3. The number of aryl methyl sites for hydroxylation is 1. The Bertz CT molecular complexity index is 1050. The summed E-state index contributed by atoms with van der Waals surface area (Å²) >= 11 is 1.52. The summed E-state index contributed by atoms with van der Waals surface area (Å²) in [6.07, 6.45) is 0. The molecule has 0 aliphatic rings. The molecule has 0 bridgehead atoms. The van der Waals surface area contributed by atoms with Crippen molar-refractivity contribution in [3.8, 4) is 11.5 Å². The second-order valence-corrected chi connectivity index (χ2v) is 6.81. The third-order valence-electron chi connectivity index (χ3n) is 4.35. The number of carbonyl (C=O) groups is 1. The fourth-order valence-corrected chi connectivity index (χ4v) is 3.49. The van der Waals surface area contributed by atoms with Crippen LogP contribution in [0.25, 0.3) is 22.6 Å². The molecule has 26 heavy (non-hydrogen) atoms. The molecule has 130 valence electrons. The van der Waals surface area contributed by atoms with E-state index >= 15 is 0 Å². The fourth-order valence-electron chi connectivity index (χ4n) is 2.96. The molecule has 1 N–H and O–H groups in total. The van der Waals surface area contributed by atoms with E-state index in [4.69, 9.17) is 0 Å². The number of fused-ring (bicyclic) bond motifs is 1. The van der Waals surface area contributed by atoms with Crippen molar-refractivity contribution in [2.75, 3.05) is 0 Å². The van der Waals surface area contributed by atoms with Crippen molar-refractivity contribution in [1.82, 2.24) is 19.9 Å². The molecule has 2 aromatic carbocycles. The first-order valence-electron chi connectivity index (χ1n) is 8.37. The van der Waals surface area contributed by atoms with Crippen molar-refractivity contribution in [1.29, 1.82) is 0 Å². The van der Waals surface area contributed by atoms with Crippen molar-refractivity contribution in [3.63, 3.8) is 0 Å². The van der Waals surface area contributed by atoms with E-state index in [0.29, 0.717) is 6.54 Å². The van der Waals surface area contributed by atoms with E-state index in [9.17, 15) is 4.79 Å². The Labute approximate surface area is 155 Å². The summed E-state index contributed by atoms with van der Waals surface area (Å²) in [5.41, 5.74) is 6.65. The number of rotatable bonds is 5. The van der Waals surface area contributed by atoms with E-state index in [1.54, 1.807) is 5.51 Å². The zero-order chi connectivity index (χ0) is 17.9. The highest BCUT2D eigenvalue weighted by atomic mass is 32.1. The van der Waals surface area contributed by atoms with Crippen molar-refractivity contribution in [3.05, 3.63) is 70.5 Å². The predicted molar refractivity (Wildman–Crippen MR) is 104 cm³/mol. The number of nitrogens with one attached hydrogen (secondary N) is 1. The maximum atomic E-state index is 12.6. The van der Waals surface area contributed by atoms with Crippen LogP contribution in [0.15, 0.2) is 59.4 Å². The first-order valence-corrected chi connectivity index (χ1v) is 9.31. The summed E-state index contributed by atoms with van der Waals surface area (Å²) in [5.74, 6) is 0.673. The predicted octanol–water partition coefficient (Wildman–Crippen LogP) is 3.78. The first kappa shape index (κ1) is 16.5. The smallest absolute Gasteiger partial charge is 0.240 e. The molecule has 0 atom stereocenters. The molecule has 2 heterocycles. The number of amides is 1. The maximum absolute atomic E-state index is 12.6. The number of para-hydroxylation sites is 2. The van der Waals surface area contributed by atoms with Crippen molar-refractivity contribution in [2.24, 2.45) is 0 Å². The lowest BCUT2D eigenvalue weighted by Gasteiger charge is -2.10. The summed E-state index contributed by atoms with van der Waals surface area (Å²) in [7, 11) is 0. The molecule has 0 saturated heterocycles. The fraction of sp³-hybridized carbons (Fsp3) is 0.150. The Morgan fingerprint density at radius 3 is 2.77 bits per heavy atom. The van der Waals surface area contributed by atoms with Gasteiger partial charge in [-0.3, -0.25) is 4.79 Å². The van der Waals surface area contributed by atoms with E-state index in [-0.39, 0.29) is 12.5 Å². The molecule has 4 rings (SSSR count). The SMILES string of the molecule is Cc1ccccc1CNC(=O)Cn1c(-c2cscn2)nc2ccccc21. The molecule has 4 aromatic rings. The highest BCUT2D eigenvalue weighted by molar-refractivity contribution is 7.07. The molecule has 0 unspecified atom stereocenters. The van der Waals surface area contributed by atoms with Gasteiger partial charge < -0.3 is 9.88 Å². The minimum Gasteiger partial charge on any atom is -0.350 e. The summed E-state index contributed by atoms with van der Waals surface area (Å²) in [5, 5.41) is 4.96. The Hall–Kier alpha value is -2.99. The van der Waals surface area contributed by atoms with Gasteiger partial charge in [-0.15, -0.1) is 11.3 Å². The number of benzene rings is 2. The zero-order valence-electron chi connectivity index (χ0n) is 14.3. The number of carbonyl (C=O) groups excluding carboxylic acids is 1. The standard InChI is InChI=1S/C20H18N4OS/c1-14-6-2-3-7-15(14)10-21-19(25)11-24-18-9-5-4-8-16(18)23-20(24)17-12-26-13-22-17/h2-9,12-13H,10-11H2,1H3,(H,21,25). The van der Waals surface area contributed by atoms with Crippen LogP contribution in [0.2, 0.25) is 0 Å². The van der Waals surface area contributed by atoms with Crippen LogP contribution < -0.4 is 5.32 Å². The molecule has 6 heteroatoms. The number of aromatic nitrogens is 3. The average Bonchev–Trinajstić information content (AvgIpc) is 3.29. The summed E-state index contributed by atoms with van der Waals surface area (Å²) in [6, 6.07) is 15.9. The Morgan fingerprint density at radius 2 is 1.96 bits per heavy atom. The van der Waals surface area contributed by atoms with Gasteiger partial charge >= 0.3 is 0 Å². The molecule has 0 aliphatic carbocycles. The molecule has 2 aromatic heterocycles. The monoisotopic (exact) mass is 362 g/mol. The number of imidazole rings is 1. The summed E-state index contributed by atoms with van der Waals surface area (Å²) in [4.78, 5) is 21.6. The van der Waals surface area contributed by atoms with Crippen LogP contribution in [-0.2, 0) is 17.9 Å². The molecule has 0 spiro atoms. The van der Waals surface area contributed by atoms with Crippen molar-refractivity contribution < 1.29 is 4.79 Å². The van der Waals surface area contributed by atoms with E-state index in [1.165, 1.54) is 16.9 Å². The van der Waals surface area contributed by atoms with E-state index in [1.807, 2.05) is 65.4 Å². The third kappa shape index (κ3) is 3.23. The molecule has 1 amide bonds. The summed E-state index contributed by atoms with van der Waals surface area (Å²) < 4.78 is 1.93. The van der Waals surface area contributed by atoms with Gasteiger partial charge in [0.1, 0.15) is 12.2 Å². The molecular formula is C20H18N4OS. The maximum Gasteiger partial charge on any atom is 0.240 e. The second-order valence-electron chi connectivity index (χ2n) is 6.09. The van der Waals surface area contributed by atoms with E-state index in [0.717, 1.165) is 28.1 Å². The largest absolute Gasteiger partial charge is 0.350 e. The van der Waals surface area contributed by atoms with Gasteiger partial charge in [-0.25, -0.2) is 9.97 Å². The van der Waals surface area contributed by atoms with Crippen LogP contribution in [0.5, 0.6) is 0 Å². The molecule has 0 aliphatic heterocycles. The summed E-state index contributed by atoms with van der Waals surface area (Å²) in [6.45, 7) is 2.77. The van der Waals surface area contributed by atoms with Crippen LogP contribution in [0, 0.1) is 6.92 Å². The lowest BCUT2D eigenvalue weighted by Crippen LogP contribution is -2.27. The molecule has 0 radical (unpaired) electrons. The highest BCUT2D eigenvalue weighted by Crippen LogP contribution is 2.24. The van der Waals surface area contributed by atoms with Gasteiger partial charge in [-0.2, -0.15) is 0 Å². The molecular weight excluding hydrogens is 344 g/mol. The lowest BCUT2D eigenvalue weighted by atomic mass is 10.1. The zero-order valence-corrected chi connectivity index (χ0v) is 15.2. The molecule has 0 fully saturated rings. The Morgan fingerprint density at radius 1 is 1.15 bits per heavy atom. The minimum absolute atomic E-state index is 0.0483. The third-order valence-corrected chi connectivity index (χ3v) is 4.94. The highest BCUT2D eigenvalue weighted by Gasteiger charge is 2.16. The van der Waals surface area contributed by atoms with Gasteiger partial charge in [0.2, 0.25) is 5.91 Å². The van der Waals surface area contributed by atoms with Gasteiger partial charge in [0.15, 0.2) is 5.82 Å². The second kappa shape index (κ2) is 7.09. The number of thiazole rings is 1. The number of hydrogen-bond acceptors (Lipinski definition) is 4. The van der Waals surface area contributed by atoms with Crippen molar-refractivity contribution in [2.45, 2.75) is 20.0 Å². The molecule has 5 nitrogen and oxygen atoms in total. The number of hydrogen-bond donors (Lipinski definition) is 1. The van der Waals surface area contributed by atoms with Gasteiger partial charge in [0.25, 0.3) is 0 Å². The van der Waals surface area contributed by atoms with E-state index < -0.39 is 0 Å².